The third kappa shape index (κ3) is 4.90. The molecular formula is C25H31FN2O2. The molecule has 0 radical (unpaired) electrons. The number of likely N-dealkylation sites (tertiary alicyclic amines) is 1. The second kappa shape index (κ2) is 9.27. The SMILES string of the molecule is CC1OC2(CCN(CCc3ccccc3)CC2)CN(CCc2ccccc2F)C1=O. The Kier molecular flexibility index (Phi) is 6.49. The van der Waals surface area contributed by atoms with Gasteiger partial charge in [0.05, 0.1) is 5.60 Å². The summed E-state index contributed by atoms with van der Waals surface area (Å²) in [5, 5.41) is 0. The van der Waals surface area contributed by atoms with Gasteiger partial charge in [0.25, 0.3) is 5.91 Å². The molecule has 4 rings (SSSR count). The molecule has 2 aliphatic rings. The molecule has 30 heavy (non-hydrogen) atoms. The fourth-order valence-corrected chi connectivity index (χ4v) is 4.68. The van der Waals surface area contributed by atoms with Crippen LogP contribution in [0.3, 0.4) is 0 Å². The maximum Gasteiger partial charge on any atom is 0.251 e. The van der Waals surface area contributed by atoms with Crippen molar-refractivity contribution < 1.29 is 13.9 Å². The van der Waals surface area contributed by atoms with Gasteiger partial charge in [0, 0.05) is 32.7 Å². The number of ether oxygens (including phenoxy) is 1. The highest BCUT2D eigenvalue weighted by Gasteiger charge is 2.45. The van der Waals surface area contributed by atoms with Crippen molar-refractivity contribution in [2.24, 2.45) is 0 Å². The molecule has 160 valence electrons. The predicted octanol–water partition coefficient (Wildman–Crippen LogP) is 3.69. The Morgan fingerprint density at radius 3 is 2.43 bits per heavy atom. The Morgan fingerprint density at radius 2 is 1.70 bits per heavy atom. The van der Waals surface area contributed by atoms with E-state index in [0.29, 0.717) is 25.1 Å². The van der Waals surface area contributed by atoms with Crippen LogP contribution in [0.25, 0.3) is 0 Å². The Labute approximate surface area is 178 Å². The average Bonchev–Trinajstić information content (AvgIpc) is 2.77. The van der Waals surface area contributed by atoms with Crippen LogP contribution in [-0.2, 0) is 22.4 Å². The monoisotopic (exact) mass is 410 g/mol. The number of hydrogen-bond donors (Lipinski definition) is 0. The van der Waals surface area contributed by atoms with E-state index >= 15 is 0 Å². The van der Waals surface area contributed by atoms with E-state index < -0.39 is 6.10 Å². The van der Waals surface area contributed by atoms with Crippen LogP contribution in [0.1, 0.15) is 30.9 Å². The molecule has 2 aromatic rings. The van der Waals surface area contributed by atoms with E-state index in [1.54, 1.807) is 12.1 Å². The Balaban J connectivity index is 1.32. The third-order valence-corrected chi connectivity index (χ3v) is 6.50. The predicted molar refractivity (Wildman–Crippen MR) is 116 cm³/mol. The number of morpholine rings is 1. The van der Waals surface area contributed by atoms with Gasteiger partial charge in [0.1, 0.15) is 11.9 Å². The summed E-state index contributed by atoms with van der Waals surface area (Å²) >= 11 is 0. The zero-order valence-corrected chi connectivity index (χ0v) is 17.7. The summed E-state index contributed by atoms with van der Waals surface area (Å²) in [4.78, 5) is 17.1. The number of benzene rings is 2. The summed E-state index contributed by atoms with van der Waals surface area (Å²) < 4.78 is 20.2. The molecular weight excluding hydrogens is 379 g/mol. The third-order valence-electron chi connectivity index (χ3n) is 6.50. The summed E-state index contributed by atoms with van der Waals surface area (Å²) in [6.07, 6.45) is 3.00. The van der Waals surface area contributed by atoms with Crippen LogP contribution in [0.4, 0.5) is 4.39 Å². The maximum absolute atomic E-state index is 14.0. The minimum Gasteiger partial charge on any atom is -0.360 e. The van der Waals surface area contributed by atoms with Crippen LogP contribution in [0.5, 0.6) is 0 Å². The van der Waals surface area contributed by atoms with Gasteiger partial charge in [-0.1, -0.05) is 48.5 Å². The number of carbonyl (C=O) groups is 1. The standard InChI is InChI=1S/C25H31FN2O2/c1-20-24(29)28(16-12-22-9-5-6-10-23(22)26)19-25(30-20)13-17-27(18-14-25)15-11-21-7-3-2-4-8-21/h2-10,20H,11-19H2,1H3. The Hall–Kier alpha value is -2.24. The molecule has 0 bridgehead atoms. The second-order valence-corrected chi connectivity index (χ2v) is 8.62. The van der Waals surface area contributed by atoms with Crippen molar-refractivity contribution in [3.8, 4) is 0 Å². The van der Waals surface area contributed by atoms with E-state index in [1.807, 2.05) is 17.9 Å². The van der Waals surface area contributed by atoms with Crippen LogP contribution in [0, 0.1) is 5.82 Å². The van der Waals surface area contributed by atoms with Crippen LogP contribution < -0.4 is 0 Å². The minimum absolute atomic E-state index is 0.0171. The van der Waals surface area contributed by atoms with Gasteiger partial charge >= 0.3 is 0 Å². The first-order valence-electron chi connectivity index (χ1n) is 11.0. The first-order chi connectivity index (χ1) is 14.5. The fourth-order valence-electron chi connectivity index (χ4n) is 4.68. The van der Waals surface area contributed by atoms with Crippen molar-refractivity contribution in [3.05, 3.63) is 71.5 Å². The maximum atomic E-state index is 14.0. The molecule has 0 saturated carbocycles. The number of carbonyl (C=O) groups excluding carboxylic acids is 1. The van der Waals surface area contributed by atoms with Gasteiger partial charge in [-0.3, -0.25) is 4.79 Å². The number of amides is 1. The van der Waals surface area contributed by atoms with Gasteiger partial charge in [-0.15, -0.1) is 0 Å². The van der Waals surface area contributed by atoms with Crippen LogP contribution in [0.15, 0.2) is 54.6 Å². The smallest absolute Gasteiger partial charge is 0.251 e. The lowest BCUT2D eigenvalue weighted by Crippen LogP contribution is -2.61. The molecule has 2 heterocycles. The number of halogens is 1. The van der Waals surface area contributed by atoms with E-state index in [1.165, 1.54) is 11.6 Å². The van der Waals surface area contributed by atoms with Crippen molar-refractivity contribution in [2.75, 3.05) is 32.7 Å². The van der Waals surface area contributed by atoms with Crippen molar-refractivity contribution >= 4 is 5.91 Å². The minimum atomic E-state index is -0.435. The number of piperidine rings is 1. The first kappa shape index (κ1) is 21.0. The molecule has 2 saturated heterocycles. The molecule has 2 aliphatic heterocycles. The highest BCUT2D eigenvalue weighted by molar-refractivity contribution is 5.81. The van der Waals surface area contributed by atoms with Crippen LogP contribution in [-0.4, -0.2) is 60.1 Å². The zero-order chi connectivity index (χ0) is 21.0. The summed E-state index contributed by atoms with van der Waals surface area (Å²) in [6.45, 7) is 6.00. The average molecular weight is 411 g/mol. The van der Waals surface area contributed by atoms with Crippen molar-refractivity contribution in [3.63, 3.8) is 0 Å². The number of hydrogen-bond acceptors (Lipinski definition) is 3. The second-order valence-electron chi connectivity index (χ2n) is 8.62. The fraction of sp³-hybridized carbons (Fsp3) is 0.480. The van der Waals surface area contributed by atoms with Gasteiger partial charge in [0.2, 0.25) is 0 Å². The summed E-state index contributed by atoms with van der Waals surface area (Å²) in [5.41, 5.74) is 1.76. The van der Waals surface area contributed by atoms with E-state index in [2.05, 4.69) is 35.2 Å². The summed E-state index contributed by atoms with van der Waals surface area (Å²) in [5.74, 6) is -0.184. The van der Waals surface area contributed by atoms with Crippen LogP contribution in [0.2, 0.25) is 0 Å². The molecule has 1 unspecified atom stereocenters. The molecule has 1 atom stereocenters. The van der Waals surface area contributed by atoms with Crippen LogP contribution >= 0.6 is 0 Å². The van der Waals surface area contributed by atoms with E-state index in [4.69, 9.17) is 4.74 Å². The Bertz CT molecular complexity index is 849. The van der Waals surface area contributed by atoms with E-state index in [-0.39, 0.29) is 17.3 Å². The van der Waals surface area contributed by atoms with Crippen molar-refractivity contribution in [1.82, 2.24) is 9.80 Å². The molecule has 4 nitrogen and oxygen atoms in total. The topological polar surface area (TPSA) is 32.8 Å². The molecule has 0 aromatic heterocycles. The lowest BCUT2D eigenvalue weighted by molar-refractivity contribution is -0.189. The van der Waals surface area contributed by atoms with Crippen molar-refractivity contribution in [2.45, 2.75) is 44.3 Å². The van der Waals surface area contributed by atoms with E-state index in [0.717, 1.165) is 38.9 Å². The molecule has 0 aliphatic carbocycles. The molecule has 1 amide bonds. The number of nitrogens with zero attached hydrogens (tertiary/aromatic N) is 2. The summed E-state index contributed by atoms with van der Waals surface area (Å²) in [6, 6.07) is 17.4. The molecule has 5 heteroatoms. The van der Waals surface area contributed by atoms with Gasteiger partial charge in [-0.2, -0.15) is 0 Å². The lowest BCUT2D eigenvalue weighted by Gasteiger charge is -2.49. The van der Waals surface area contributed by atoms with E-state index in [9.17, 15) is 9.18 Å². The summed E-state index contributed by atoms with van der Waals surface area (Å²) in [7, 11) is 0. The van der Waals surface area contributed by atoms with Gasteiger partial charge in [-0.25, -0.2) is 4.39 Å². The Morgan fingerprint density at radius 1 is 1.00 bits per heavy atom. The largest absolute Gasteiger partial charge is 0.360 e. The van der Waals surface area contributed by atoms with Gasteiger partial charge in [0.15, 0.2) is 0 Å². The highest BCUT2D eigenvalue weighted by atomic mass is 19.1. The van der Waals surface area contributed by atoms with Gasteiger partial charge < -0.3 is 14.5 Å². The molecule has 2 aromatic carbocycles. The first-order valence-corrected chi connectivity index (χ1v) is 11.0. The molecule has 2 fully saturated rings. The zero-order valence-electron chi connectivity index (χ0n) is 17.7. The molecule has 0 N–H and O–H groups in total. The normalized spacial score (nSPS) is 21.9. The quantitative estimate of drug-likeness (QED) is 0.728. The lowest BCUT2D eigenvalue weighted by atomic mass is 9.88. The molecule has 1 spiro atoms. The number of rotatable bonds is 6. The van der Waals surface area contributed by atoms with Crippen molar-refractivity contribution in [1.29, 1.82) is 0 Å². The highest BCUT2D eigenvalue weighted by Crippen LogP contribution is 2.33. The van der Waals surface area contributed by atoms with Gasteiger partial charge in [-0.05, 0) is 49.8 Å².